The molecule has 0 heterocycles. The second-order valence-corrected chi connectivity index (χ2v) is 7.36. The van der Waals surface area contributed by atoms with Crippen LogP contribution in [0, 0.1) is 0 Å². The zero-order valence-electron chi connectivity index (χ0n) is 13.1. The summed E-state index contributed by atoms with van der Waals surface area (Å²) in [5.41, 5.74) is 6.10. The Hall–Kier alpha value is -1.51. The van der Waals surface area contributed by atoms with Gasteiger partial charge in [0.05, 0.1) is 24.6 Å². The Morgan fingerprint density at radius 1 is 1.30 bits per heavy atom. The molecule has 1 aromatic rings. The molecule has 0 bridgehead atoms. The van der Waals surface area contributed by atoms with Crippen molar-refractivity contribution in [2.45, 2.75) is 31.2 Å². The first kappa shape index (κ1) is 19.5. The number of amides is 1. The van der Waals surface area contributed by atoms with E-state index in [2.05, 4.69) is 10.0 Å². The fourth-order valence-corrected chi connectivity index (χ4v) is 3.11. The molecule has 7 nitrogen and oxygen atoms in total. The fourth-order valence-electron chi connectivity index (χ4n) is 2.54. The summed E-state index contributed by atoms with van der Waals surface area (Å²) in [5, 5.41) is 2.77. The summed E-state index contributed by atoms with van der Waals surface area (Å²) in [4.78, 5) is 12.3. The van der Waals surface area contributed by atoms with E-state index in [1.165, 1.54) is 13.2 Å². The van der Waals surface area contributed by atoms with Crippen molar-refractivity contribution in [2.24, 2.45) is 5.73 Å². The van der Waals surface area contributed by atoms with Crippen molar-refractivity contribution in [1.82, 2.24) is 0 Å². The van der Waals surface area contributed by atoms with Gasteiger partial charge in [0.2, 0.25) is 15.9 Å². The summed E-state index contributed by atoms with van der Waals surface area (Å²) in [6.45, 7) is 0. The SMILES string of the molecule is COc1cc(NC(=O)C2(N)CCCC2)ccc1NS(C)(=O)=O.Cl. The summed E-state index contributed by atoms with van der Waals surface area (Å²) in [6.07, 6.45) is 4.29. The summed E-state index contributed by atoms with van der Waals surface area (Å²) in [6, 6.07) is 4.70. The normalized spacial score (nSPS) is 16.3. The third-order valence-electron chi connectivity index (χ3n) is 3.70. The summed E-state index contributed by atoms with van der Waals surface area (Å²) in [5.74, 6) is 0.0941. The van der Waals surface area contributed by atoms with Gasteiger partial charge < -0.3 is 15.8 Å². The van der Waals surface area contributed by atoms with Crippen LogP contribution in [0.2, 0.25) is 0 Å². The molecule has 0 radical (unpaired) electrons. The predicted octanol–water partition coefficient (Wildman–Crippen LogP) is 1.70. The highest BCUT2D eigenvalue weighted by atomic mass is 35.5. The summed E-state index contributed by atoms with van der Waals surface area (Å²) in [7, 11) is -1.98. The maximum Gasteiger partial charge on any atom is 0.244 e. The molecule has 4 N–H and O–H groups in total. The van der Waals surface area contributed by atoms with Gasteiger partial charge in [-0.1, -0.05) is 12.8 Å². The van der Waals surface area contributed by atoms with Gasteiger partial charge in [0.15, 0.2) is 0 Å². The van der Waals surface area contributed by atoms with Gasteiger partial charge in [-0.2, -0.15) is 0 Å². The van der Waals surface area contributed by atoms with Crippen molar-refractivity contribution in [2.75, 3.05) is 23.4 Å². The molecule has 1 aliphatic rings. The number of hydrogen-bond donors (Lipinski definition) is 3. The number of benzene rings is 1. The number of methoxy groups -OCH3 is 1. The number of nitrogens with two attached hydrogens (primary N) is 1. The van der Waals surface area contributed by atoms with E-state index in [-0.39, 0.29) is 18.3 Å². The Morgan fingerprint density at radius 3 is 2.43 bits per heavy atom. The van der Waals surface area contributed by atoms with Crippen molar-refractivity contribution in [3.8, 4) is 5.75 Å². The highest BCUT2D eigenvalue weighted by Crippen LogP contribution is 2.31. The molecule has 1 aromatic carbocycles. The Labute approximate surface area is 142 Å². The first-order valence-electron chi connectivity index (χ1n) is 7.00. The molecule has 1 saturated carbocycles. The van der Waals surface area contributed by atoms with Gasteiger partial charge in [-0.15, -0.1) is 12.4 Å². The van der Waals surface area contributed by atoms with Crippen LogP contribution < -0.4 is 20.5 Å². The van der Waals surface area contributed by atoms with Crippen molar-refractivity contribution < 1.29 is 17.9 Å². The molecule has 23 heavy (non-hydrogen) atoms. The molecule has 0 saturated heterocycles. The molecule has 2 rings (SSSR count). The molecule has 0 aliphatic heterocycles. The lowest BCUT2D eigenvalue weighted by molar-refractivity contribution is -0.121. The van der Waals surface area contributed by atoms with Crippen LogP contribution in [-0.4, -0.2) is 33.2 Å². The van der Waals surface area contributed by atoms with Gasteiger partial charge in [-0.05, 0) is 25.0 Å². The maximum atomic E-state index is 12.3. The minimum absolute atomic E-state index is 0. The van der Waals surface area contributed by atoms with Crippen LogP contribution in [0.5, 0.6) is 5.75 Å². The summed E-state index contributed by atoms with van der Waals surface area (Å²) >= 11 is 0. The largest absolute Gasteiger partial charge is 0.494 e. The van der Waals surface area contributed by atoms with Crippen LogP contribution in [0.3, 0.4) is 0 Å². The number of nitrogens with one attached hydrogen (secondary N) is 2. The lowest BCUT2D eigenvalue weighted by Gasteiger charge is -2.22. The van der Waals surface area contributed by atoms with E-state index >= 15 is 0 Å². The quantitative estimate of drug-likeness (QED) is 0.737. The zero-order chi connectivity index (χ0) is 16.4. The monoisotopic (exact) mass is 363 g/mol. The zero-order valence-corrected chi connectivity index (χ0v) is 14.7. The van der Waals surface area contributed by atoms with E-state index in [1.807, 2.05) is 0 Å². The average Bonchev–Trinajstić information content (AvgIpc) is 2.87. The summed E-state index contributed by atoms with van der Waals surface area (Å²) < 4.78 is 30.1. The van der Waals surface area contributed by atoms with E-state index in [0.29, 0.717) is 30.0 Å². The Kier molecular flexibility index (Phi) is 6.26. The Morgan fingerprint density at radius 2 is 1.91 bits per heavy atom. The Bertz CT molecular complexity index is 673. The van der Waals surface area contributed by atoms with Gasteiger partial charge in [0.25, 0.3) is 0 Å². The number of anilines is 2. The molecule has 1 fully saturated rings. The van der Waals surface area contributed by atoms with Gasteiger partial charge in [-0.25, -0.2) is 8.42 Å². The topological polar surface area (TPSA) is 111 Å². The molecule has 0 atom stereocenters. The lowest BCUT2D eigenvalue weighted by atomic mass is 9.98. The van der Waals surface area contributed by atoms with Gasteiger partial charge >= 0.3 is 0 Å². The molecular formula is C14H22ClN3O4S. The highest BCUT2D eigenvalue weighted by molar-refractivity contribution is 7.92. The van der Waals surface area contributed by atoms with Gasteiger partial charge in [0, 0.05) is 11.8 Å². The molecule has 0 unspecified atom stereocenters. The van der Waals surface area contributed by atoms with Gasteiger partial charge in [0.1, 0.15) is 5.75 Å². The molecular weight excluding hydrogens is 342 g/mol. The molecule has 130 valence electrons. The second-order valence-electron chi connectivity index (χ2n) is 5.61. The number of carbonyl (C=O) groups excluding carboxylic acids is 1. The van der Waals surface area contributed by atoms with Crippen LogP contribution in [0.15, 0.2) is 18.2 Å². The highest BCUT2D eigenvalue weighted by Gasteiger charge is 2.37. The molecule has 0 aromatic heterocycles. The minimum atomic E-state index is -3.41. The van der Waals surface area contributed by atoms with E-state index in [0.717, 1.165) is 19.1 Å². The van der Waals surface area contributed by atoms with Crippen molar-refractivity contribution >= 4 is 39.7 Å². The number of hydrogen-bond acceptors (Lipinski definition) is 5. The smallest absolute Gasteiger partial charge is 0.244 e. The first-order chi connectivity index (χ1) is 10.2. The third-order valence-corrected chi connectivity index (χ3v) is 4.29. The fraction of sp³-hybridized carbons (Fsp3) is 0.500. The number of carbonyl (C=O) groups is 1. The van der Waals surface area contributed by atoms with Crippen LogP contribution in [0.4, 0.5) is 11.4 Å². The van der Waals surface area contributed by atoms with Crippen molar-refractivity contribution in [3.05, 3.63) is 18.2 Å². The third kappa shape index (κ3) is 4.98. The number of halogens is 1. The average molecular weight is 364 g/mol. The number of rotatable bonds is 5. The lowest BCUT2D eigenvalue weighted by Crippen LogP contribution is -2.48. The molecule has 0 spiro atoms. The number of ether oxygens (including phenoxy) is 1. The van der Waals surface area contributed by atoms with Gasteiger partial charge in [-0.3, -0.25) is 9.52 Å². The number of sulfonamides is 1. The van der Waals surface area contributed by atoms with E-state index in [4.69, 9.17) is 10.5 Å². The van der Waals surface area contributed by atoms with Crippen molar-refractivity contribution in [1.29, 1.82) is 0 Å². The molecule has 1 aliphatic carbocycles. The van der Waals surface area contributed by atoms with Crippen LogP contribution in [0.25, 0.3) is 0 Å². The Balaban J connectivity index is 0.00000264. The second kappa shape index (κ2) is 7.37. The van der Waals surface area contributed by atoms with Crippen LogP contribution in [-0.2, 0) is 14.8 Å². The van der Waals surface area contributed by atoms with E-state index in [1.54, 1.807) is 12.1 Å². The van der Waals surface area contributed by atoms with E-state index in [9.17, 15) is 13.2 Å². The molecule has 9 heteroatoms. The predicted molar refractivity (Wildman–Crippen MR) is 92.7 cm³/mol. The minimum Gasteiger partial charge on any atom is -0.494 e. The van der Waals surface area contributed by atoms with E-state index < -0.39 is 15.6 Å². The van der Waals surface area contributed by atoms with Crippen molar-refractivity contribution in [3.63, 3.8) is 0 Å². The standard InChI is InChI=1S/C14H21N3O4S.ClH/c1-21-12-9-10(5-6-11(12)17-22(2,19)20)16-13(18)14(15)7-3-4-8-14;/h5-6,9,17H,3-4,7-8,15H2,1-2H3,(H,16,18);1H. The molecule has 1 amide bonds. The first-order valence-corrected chi connectivity index (χ1v) is 8.89. The van der Waals surface area contributed by atoms with Crippen LogP contribution >= 0.6 is 12.4 Å². The van der Waals surface area contributed by atoms with Crippen LogP contribution in [0.1, 0.15) is 25.7 Å². The maximum absolute atomic E-state index is 12.3.